The Labute approximate surface area is 183 Å². The van der Waals surface area contributed by atoms with E-state index >= 15 is 0 Å². The van der Waals surface area contributed by atoms with Gasteiger partial charge in [-0.2, -0.15) is 0 Å². The Morgan fingerprint density at radius 3 is 2.53 bits per heavy atom. The molecule has 0 aliphatic rings. The first-order chi connectivity index (χ1) is 14.2. The SMILES string of the molecule is COc1cnc(Cl)c(-c2ccc(NC(=O)Cc3ccccc3Cl)cc2S(N)(=O)=O)c1. The topological polar surface area (TPSA) is 111 Å². The van der Waals surface area contributed by atoms with Crippen molar-refractivity contribution in [2.75, 3.05) is 12.4 Å². The van der Waals surface area contributed by atoms with Crippen LogP contribution in [-0.4, -0.2) is 26.4 Å². The first kappa shape index (κ1) is 22.0. The molecule has 3 rings (SSSR count). The molecule has 7 nitrogen and oxygen atoms in total. The molecule has 3 aromatic rings. The zero-order chi connectivity index (χ0) is 21.9. The summed E-state index contributed by atoms with van der Waals surface area (Å²) < 4.78 is 29.6. The van der Waals surface area contributed by atoms with Crippen molar-refractivity contribution in [1.29, 1.82) is 0 Å². The molecule has 3 N–H and O–H groups in total. The monoisotopic (exact) mass is 465 g/mol. The highest BCUT2D eigenvalue weighted by atomic mass is 35.5. The zero-order valence-electron chi connectivity index (χ0n) is 15.7. The number of hydrogen-bond donors (Lipinski definition) is 2. The van der Waals surface area contributed by atoms with E-state index in [1.54, 1.807) is 36.4 Å². The van der Waals surface area contributed by atoms with Gasteiger partial charge >= 0.3 is 0 Å². The van der Waals surface area contributed by atoms with Crippen molar-refractivity contribution in [2.45, 2.75) is 11.3 Å². The van der Waals surface area contributed by atoms with Gasteiger partial charge in [-0.15, -0.1) is 0 Å². The van der Waals surface area contributed by atoms with E-state index in [1.165, 1.54) is 25.4 Å². The van der Waals surface area contributed by atoms with Crippen LogP contribution in [0.5, 0.6) is 5.75 Å². The van der Waals surface area contributed by atoms with Crippen molar-refractivity contribution in [2.24, 2.45) is 5.14 Å². The summed E-state index contributed by atoms with van der Waals surface area (Å²) in [5.74, 6) is 0.0317. The molecule has 1 aromatic heterocycles. The normalized spacial score (nSPS) is 11.2. The number of nitrogens with one attached hydrogen (secondary N) is 1. The van der Waals surface area contributed by atoms with E-state index < -0.39 is 10.0 Å². The molecule has 0 saturated carbocycles. The molecule has 1 heterocycles. The number of benzene rings is 2. The number of primary sulfonamides is 1. The highest BCUT2D eigenvalue weighted by Crippen LogP contribution is 2.35. The van der Waals surface area contributed by atoms with Gasteiger partial charge in [-0.1, -0.05) is 47.5 Å². The molecule has 2 aromatic carbocycles. The third-order valence-corrected chi connectivity index (χ3v) is 5.84. The Morgan fingerprint density at radius 1 is 1.13 bits per heavy atom. The van der Waals surface area contributed by atoms with Gasteiger partial charge in [0.1, 0.15) is 10.9 Å². The number of nitrogens with zero attached hydrogens (tertiary/aromatic N) is 1. The fourth-order valence-electron chi connectivity index (χ4n) is 2.81. The number of methoxy groups -OCH3 is 1. The lowest BCUT2D eigenvalue weighted by atomic mass is 10.1. The Hall–Kier alpha value is -2.65. The van der Waals surface area contributed by atoms with Crippen LogP contribution >= 0.6 is 23.2 Å². The summed E-state index contributed by atoms with van der Waals surface area (Å²) in [6.45, 7) is 0. The number of aromatic nitrogens is 1. The van der Waals surface area contributed by atoms with Gasteiger partial charge in [0, 0.05) is 21.8 Å². The van der Waals surface area contributed by atoms with E-state index in [0.29, 0.717) is 21.9 Å². The molecule has 0 aliphatic heterocycles. The van der Waals surface area contributed by atoms with Crippen molar-refractivity contribution in [3.05, 3.63) is 70.5 Å². The number of anilines is 1. The van der Waals surface area contributed by atoms with E-state index in [2.05, 4.69) is 10.3 Å². The van der Waals surface area contributed by atoms with Crippen LogP contribution in [0.2, 0.25) is 10.2 Å². The lowest BCUT2D eigenvalue weighted by Gasteiger charge is -2.13. The van der Waals surface area contributed by atoms with Crippen molar-refractivity contribution < 1.29 is 17.9 Å². The molecule has 0 aliphatic carbocycles. The van der Waals surface area contributed by atoms with Gasteiger partial charge in [-0.05, 0) is 29.8 Å². The molecule has 10 heteroatoms. The number of halogens is 2. The number of ether oxygens (including phenoxy) is 1. The van der Waals surface area contributed by atoms with E-state index in [0.717, 1.165) is 0 Å². The zero-order valence-corrected chi connectivity index (χ0v) is 18.1. The quantitative estimate of drug-likeness (QED) is 0.536. The summed E-state index contributed by atoms with van der Waals surface area (Å²) in [5.41, 5.74) is 1.47. The number of amides is 1. The van der Waals surface area contributed by atoms with Crippen LogP contribution in [0.1, 0.15) is 5.56 Å². The lowest BCUT2D eigenvalue weighted by molar-refractivity contribution is -0.115. The highest BCUT2D eigenvalue weighted by molar-refractivity contribution is 7.89. The number of carbonyl (C=O) groups excluding carboxylic acids is 1. The molecule has 0 unspecified atom stereocenters. The first-order valence-electron chi connectivity index (χ1n) is 8.59. The third kappa shape index (κ3) is 5.09. The molecule has 0 spiro atoms. The maximum absolute atomic E-state index is 12.4. The first-order valence-corrected chi connectivity index (χ1v) is 10.9. The van der Waals surface area contributed by atoms with Gasteiger partial charge in [0.25, 0.3) is 0 Å². The van der Waals surface area contributed by atoms with Crippen LogP contribution in [0.4, 0.5) is 5.69 Å². The van der Waals surface area contributed by atoms with Crippen LogP contribution in [0.3, 0.4) is 0 Å². The molecular formula is C20H17Cl2N3O4S. The van der Waals surface area contributed by atoms with Crippen molar-refractivity contribution >= 4 is 44.8 Å². The van der Waals surface area contributed by atoms with Crippen molar-refractivity contribution in [3.63, 3.8) is 0 Å². The standard InChI is InChI=1S/C20H17Cl2N3O4S/c1-29-14-10-16(20(22)24-11-14)15-7-6-13(9-18(15)30(23,27)28)25-19(26)8-12-4-2-3-5-17(12)21/h2-7,9-11H,8H2,1H3,(H,25,26)(H2,23,27,28). The van der Waals surface area contributed by atoms with Gasteiger partial charge in [0.15, 0.2) is 0 Å². The van der Waals surface area contributed by atoms with Gasteiger partial charge < -0.3 is 10.1 Å². The predicted molar refractivity (Wildman–Crippen MR) is 116 cm³/mol. The molecule has 0 bridgehead atoms. The largest absolute Gasteiger partial charge is 0.495 e. The number of sulfonamides is 1. The summed E-state index contributed by atoms with van der Waals surface area (Å²) in [6, 6.07) is 12.8. The number of carbonyl (C=O) groups is 1. The second kappa shape index (κ2) is 9.01. The fraction of sp³-hybridized carbons (Fsp3) is 0.100. The fourth-order valence-corrected chi connectivity index (χ4v) is 3.99. The number of nitrogens with two attached hydrogens (primary N) is 1. The van der Waals surface area contributed by atoms with Gasteiger partial charge in [0.2, 0.25) is 15.9 Å². The van der Waals surface area contributed by atoms with Crippen LogP contribution in [-0.2, 0) is 21.2 Å². The summed E-state index contributed by atoms with van der Waals surface area (Å²) in [4.78, 5) is 16.2. The number of hydrogen-bond acceptors (Lipinski definition) is 5. The lowest BCUT2D eigenvalue weighted by Crippen LogP contribution is -2.17. The van der Waals surface area contributed by atoms with E-state index in [1.807, 2.05) is 0 Å². The van der Waals surface area contributed by atoms with E-state index in [9.17, 15) is 13.2 Å². The van der Waals surface area contributed by atoms with Crippen LogP contribution < -0.4 is 15.2 Å². The summed E-state index contributed by atoms with van der Waals surface area (Å²) in [7, 11) is -2.69. The Kier molecular flexibility index (Phi) is 6.62. The molecule has 156 valence electrons. The van der Waals surface area contributed by atoms with Gasteiger partial charge in [-0.3, -0.25) is 4.79 Å². The van der Waals surface area contributed by atoms with Gasteiger partial charge in [-0.25, -0.2) is 18.5 Å². The summed E-state index contributed by atoms with van der Waals surface area (Å²) >= 11 is 12.2. The van der Waals surface area contributed by atoms with Crippen LogP contribution in [0.15, 0.2) is 59.6 Å². The predicted octanol–water partition coefficient (Wildman–Crippen LogP) is 3.89. The average Bonchev–Trinajstić information content (AvgIpc) is 2.69. The molecule has 0 atom stereocenters. The highest BCUT2D eigenvalue weighted by Gasteiger charge is 2.20. The van der Waals surface area contributed by atoms with Crippen molar-refractivity contribution in [1.82, 2.24) is 4.98 Å². The Morgan fingerprint density at radius 2 is 1.87 bits per heavy atom. The van der Waals surface area contributed by atoms with Crippen LogP contribution in [0, 0.1) is 0 Å². The molecule has 0 radical (unpaired) electrons. The average molecular weight is 466 g/mol. The smallest absolute Gasteiger partial charge is 0.238 e. The van der Waals surface area contributed by atoms with Gasteiger partial charge in [0.05, 0.1) is 24.6 Å². The molecule has 0 fully saturated rings. The summed E-state index contributed by atoms with van der Waals surface area (Å²) in [6.07, 6.45) is 1.43. The number of pyridine rings is 1. The third-order valence-electron chi connectivity index (χ3n) is 4.22. The second-order valence-corrected chi connectivity index (χ2v) is 8.58. The second-order valence-electron chi connectivity index (χ2n) is 6.29. The molecule has 30 heavy (non-hydrogen) atoms. The maximum Gasteiger partial charge on any atom is 0.238 e. The maximum atomic E-state index is 12.4. The summed E-state index contributed by atoms with van der Waals surface area (Å²) in [5, 5.41) is 8.61. The molecular weight excluding hydrogens is 449 g/mol. The minimum atomic E-state index is -4.14. The Bertz CT molecular complexity index is 1220. The van der Waals surface area contributed by atoms with Crippen LogP contribution in [0.25, 0.3) is 11.1 Å². The van der Waals surface area contributed by atoms with E-state index in [-0.39, 0.29) is 33.6 Å². The minimum Gasteiger partial charge on any atom is -0.495 e. The molecule has 1 amide bonds. The molecule has 0 saturated heterocycles. The number of rotatable bonds is 6. The van der Waals surface area contributed by atoms with Crippen molar-refractivity contribution in [3.8, 4) is 16.9 Å². The minimum absolute atomic E-state index is 0.0256. The van der Waals surface area contributed by atoms with E-state index in [4.69, 9.17) is 33.1 Å². The Balaban J connectivity index is 1.96.